The van der Waals surface area contributed by atoms with Gasteiger partial charge in [0.05, 0.1) is 6.61 Å². The van der Waals surface area contributed by atoms with E-state index in [1.165, 1.54) is 0 Å². The number of benzene rings is 1. The summed E-state index contributed by atoms with van der Waals surface area (Å²) in [6.07, 6.45) is 2.51. The highest BCUT2D eigenvalue weighted by atomic mass is 35.5. The highest BCUT2D eigenvalue weighted by molar-refractivity contribution is 6.74. The van der Waals surface area contributed by atoms with Crippen molar-refractivity contribution < 1.29 is 14.0 Å². The quantitative estimate of drug-likeness (QED) is 0.370. The molecule has 0 unspecified atom stereocenters. The van der Waals surface area contributed by atoms with Crippen molar-refractivity contribution in [2.45, 2.75) is 72.0 Å². The molecule has 0 bridgehead atoms. The van der Waals surface area contributed by atoms with Gasteiger partial charge in [0.1, 0.15) is 0 Å². The predicted octanol–water partition coefficient (Wildman–Crippen LogP) is 6.87. The fraction of sp³-hybridized carbons (Fsp3) is 0.609. The summed E-state index contributed by atoms with van der Waals surface area (Å²) >= 11 is 6.04. The van der Waals surface area contributed by atoms with Gasteiger partial charge in [-0.2, -0.15) is 0 Å². The van der Waals surface area contributed by atoms with Gasteiger partial charge in [-0.1, -0.05) is 51.4 Å². The first-order valence-electron chi connectivity index (χ1n) is 10.2. The number of rotatable bonds is 6. The van der Waals surface area contributed by atoms with Crippen LogP contribution in [0.3, 0.4) is 0 Å². The molecule has 28 heavy (non-hydrogen) atoms. The van der Waals surface area contributed by atoms with Crippen LogP contribution in [0.2, 0.25) is 23.2 Å². The van der Waals surface area contributed by atoms with Crippen LogP contribution in [0.15, 0.2) is 29.8 Å². The Labute approximate surface area is 176 Å². The molecule has 0 N–H and O–H groups in total. The largest absolute Gasteiger partial charge is 0.463 e. The van der Waals surface area contributed by atoms with Crippen LogP contribution >= 0.6 is 11.6 Å². The second kappa shape index (κ2) is 8.72. The number of carbonyl (C=O) groups is 1. The molecule has 3 nitrogen and oxygen atoms in total. The smallest absolute Gasteiger partial charge is 0.334 e. The number of carbonyl (C=O) groups excluding carboxylic acids is 1. The molecule has 1 aromatic carbocycles. The molecule has 2 rings (SSSR count). The molecule has 0 aliphatic heterocycles. The maximum absolute atomic E-state index is 12.8. The Hall–Kier alpha value is -1.10. The summed E-state index contributed by atoms with van der Waals surface area (Å²) < 4.78 is 11.9. The summed E-state index contributed by atoms with van der Waals surface area (Å²) in [5.74, 6) is -0.203. The Morgan fingerprint density at radius 2 is 1.82 bits per heavy atom. The van der Waals surface area contributed by atoms with Crippen molar-refractivity contribution in [3.8, 4) is 0 Å². The first kappa shape index (κ1) is 23.2. The number of halogens is 1. The lowest BCUT2D eigenvalue weighted by atomic mass is 9.72. The molecule has 0 saturated heterocycles. The standard InChI is InChI=1S/C23H35ClO3Si/c1-8-26-21(25)20-15-23(5,16-27-28(6,7)22(2,3)4)14-13-19(20)17-9-11-18(24)12-10-17/h9-12H,8,13-16H2,1-7H3/t23-/m1/s1. The second-order valence-electron chi connectivity index (χ2n) is 9.72. The third-order valence-corrected chi connectivity index (χ3v) is 11.0. The van der Waals surface area contributed by atoms with Crippen LogP contribution in [0.5, 0.6) is 0 Å². The molecule has 1 aliphatic rings. The third-order valence-electron chi connectivity index (χ3n) is 6.25. The van der Waals surface area contributed by atoms with Crippen LogP contribution in [0, 0.1) is 5.41 Å². The minimum atomic E-state index is -1.83. The molecule has 0 aromatic heterocycles. The van der Waals surface area contributed by atoms with Crippen LogP contribution in [0.4, 0.5) is 0 Å². The van der Waals surface area contributed by atoms with Crippen molar-refractivity contribution >= 4 is 31.5 Å². The molecule has 0 fully saturated rings. The first-order valence-corrected chi connectivity index (χ1v) is 13.5. The second-order valence-corrected chi connectivity index (χ2v) is 15.0. The summed E-state index contributed by atoms with van der Waals surface area (Å²) in [5, 5.41) is 0.872. The van der Waals surface area contributed by atoms with E-state index in [0.717, 1.165) is 29.6 Å². The van der Waals surface area contributed by atoms with Gasteiger partial charge in [0.2, 0.25) is 0 Å². The highest BCUT2D eigenvalue weighted by Gasteiger charge is 2.41. The molecular formula is C23H35ClO3Si. The number of ether oxygens (including phenoxy) is 1. The fourth-order valence-electron chi connectivity index (χ4n) is 3.28. The molecule has 0 radical (unpaired) electrons. The molecule has 156 valence electrons. The van der Waals surface area contributed by atoms with Crippen molar-refractivity contribution in [2.24, 2.45) is 5.41 Å². The Morgan fingerprint density at radius 1 is 1.21 bits per heavy atom. The van der Waals surface area contributed by atoms with Gasteiger partial charge in [-0.15, -0.1) is 0 Å². The first-order chi connectivity index (χ1) is 12.9. The highest BCUT2D eigenvalue weighted by Crippen LogP contribution is 2.45. The van der Waals surface area contributed by atoms with Crippen molar-refractivity contribution in [1.29, 1.82) is 0 Å². The van der Waals surface area contributed by atoms with Gasteiger partial charge >= 0.3 is 5.97 Å². The molecule has 0 heterocycles. The van der Waals surface area contributed by atoms with Crippen LogP contribution in [0.1, 0.15) is 59.4 Å². The molecule has 0 amide bonds. The lowest BCUT2D eigenvalue weighted by Gasteiger charge is -2.42. The van der Waals surface area contributed by atoms with E-state index in [1.54, 1.807) is 0 Å². The van der Waals surface area contributed by atoms with Crippen molar-refractivity contribution in [3.05, 3.63) is 40.4 Å². The molecule has 1 aromatic rings. The predicted molar refractivity (Wildman–Crippen MR) is 120 cm³/mol. The zero-order valence-corrected chi connectivity index (χ0v) is 20.2. The average Bonchev–Trinajstić information content (AvgIpc) is 2.60. The monoisotopic (exact) mass is 422 g/mol. The molecule has 5 heteroatoms. The topological polar surface area (TPSA) is 35.5 Å². The Morgan fingerprint density at radius 3 is 2.36 bits per heavy atom. The van der Waals surface area contributed by atoms with Gasteiger partial charge in [-0.25, -0.2) is 4.79 Å². The molecule has 0 spiro atoms. The van der Waals surface area contributed by atoms with E-state index in [2.05, 4.69) is 40.8 Å². The maximum Gasteiger partial charge on any atom is 0.334 e. The van der Waals surface area contributed by atoms with Crippen molar-refractivity contribution in [3.63, 3.8) is 0 Å². The van der Waals surface area contributed by atoms with Crippen LogP contribution in [-0.4, -0.2) is 27.5 Å². The van der Waals surface area contributed by atoms with Crippen LogP contribution in [-0.2, 0) is 14.0 Å². The fourth-order valence-corrected chi connectivity index (χ4v) is 4.55. The summed E-state index contributed by atoms with van der Waals surface area (Å²) in [4.78, 5) is 12.8. The number of hydrogen-bond donors (Lipinski definition) is 0. The number of allylic oxidation sites excluding steroid dienone is 1. The van der Waals surface area contributed by atoms with Crippen LogP contribution < -0.4 is 0 Å². The van der Waals surface area contributed by atoms with Gasteiger partial charge in [0.15, 0.2) is 8.32 Å². The van der Waals surface area contributed by atoms with E-state index in [1.807, 2.05) is 31.2 Å². The number of hydrogen-bond acceptors (Lipinski definition) is 3. The van der Waals surface area contributed by atoms with E-state index in [-0.39, 0.29) is 16.4 Å². The minimum Gasteiger partial charge on any atom is -0.463 e. The van der Waals surface area contributed by atoms with Gasteiger partial charge in [-0.3, -0.25) is 0 Å². The maximum atomic E-state index is 12.8. The third kappa shape index (κ3) is 5.49. The van der Waals surface area contributed by atoms with Gasteiger partial charge in [0.25, 0.3) is 0 Å². The Kier molecular flexibility index (Phi) is 7.22. The zero-order valence-electron chi connectivity index (χ0n) is 18.4. The van der Waals surface area contributed by atoms with E-state index < -0.39 is 8.32 Å². The minimum absolute atomic E-state index is 0.0620. The van der Waals surface area contributed by atoms with E-state index in [0.29, 0.717) is 24.7 Å². The Balaban J connectivity index is 2.29. The van der Waals surface area contributed by atoms with E-state index in [4.69, 9.17) is 20.8 Å². The zero-order chi connectivity index (χ0) is 21.2. The normalized spacial score (nSPS) is 21.0. The molecular weight excluding hydrogens is 388 g/mol. The lowest BCUT2D eigenvalue weighted by Crippen LogP contribution is -2.44. The van der Waals surface area contributed by atoms with E-state index >= 15 is 0 Å². The average molecular weight is 423 g/mol. The summed E-state index contributed by atoms with van der Waals surface area (Å²) in [5.41, 5.74) is 2.87. The summed E-state index contributed by atoms with van der Waals surface area (Å²) in [7, 11) is -1.83. The van der Waals surface area contributed by atoms with Gasteiger partial charge < -0.3 is 9.16 Å². The lowest BCUT2D eigenvalue weighted by molar-refractivity contribution is -0.139. The molecule has 1 aliphatic carbocycles. The van der Waals surface area contributed by atoms with E-state index in [9.17, 15) is 4.79 Å². The summed E-state index contributed by atoms with van der Waals surface area (Å²) in [6, 6.07) is 7.74. The summed E-state index contributed by atoms with van der Waals surface area (Å²) in [6.45, 7) is 16.5. The van der Waals surface area contributed by atoms with Crippen molar-refractivity contribution in [2.75, 3.05) is 13.2 Å². The van der Waals surface area contributed by atoms with Gasteiger partial charge in [0, 0.05) is 17.2 Å². The molecule has 0 saturated carbocycles. The van der Waals surface area contributed by atoms with Crippen LogP contribution in [0.25, 0.3) is 5.57 Å². The number of esters is 1. The van der Waals surface area contributed by atoms with Gasteiger partial charge in [-0.05, 0) is 73.0 Å². The van der Waals surface area contributed by atoms with Crippen molar-refractivity contribution in [1.82, 2.24) is 0 Å². The SMILES string of the molecule is CCOC(=O)C1=C(c2ccc(Cl)cc2)CC[C@@](C)(CO[Si](C)(C)C(C)(C)C)C1. The Bertz CT molecular complexity index is 731. The molecule has 1 atom stereocenters.